The SMILES string of the molecule is CCCCOc1cccc(OCCOCCN2CCN(C)CC2)c1. The predicted octanol–water partition coefficient (Wildman–Crippen LogP) is 2.51. The van der Waals surface area contributed by atoms with E-state index in [0.717, 1.165) is 70.3 Å². The summed E-state index contributed by atoms with van der Waals surface area (Å²) in [7, 11) is 2.18. The zero-order chi connectivity index (χ0) is 17.0. The maximum atomic E-state index is 5.73. The van der Waals surface area contributed by atoms with Gasteiger partial charge in [0.2, 0.25) is 0 Å². The van der Waals surface area contributed by atoms with Crippen LogP contribution in [-0.2, 0) is 4.74 Å². The van der Waals surface area contributed by atoms with Crippen LogP contribution >= 0.6 is 0 Å². The van der Waals surface area contributed by atoms with Gasteiger partial charge >= 0.3 is 0 Å². The molecule has 0 atom stereocenters. The summed E-state index contributed by atoms with van der Waals surface area (Å²) in [6.07, 6.45) is 2.22. The number of likely N-dealkylation sites (N-methyl/N-ethyl adjacent to an activating group) is 1. The van der Waals surface area contributed by atoms with Crippen LogP contribution in [0.25, 0.3) is 0 Å². The van der Waals surface area contributed by atoms with Crippen LogP contribution in [0.2, 0.25) is 0 Å². The van der Waals surface area contributed by atoms with Gasteiger partial charge in [-0.15, -0.1) is 0 Å². The number of nitrogens with zero attached hydrogens (tertiary/aromatic N) is 2. The van der Waals surface area contributed by atoms with E-state index in [-0.39, 0.29) is 0 Å². The van der Waals surface area contributed by atoms with E-state index >= 15 is 0 Å². The highest BCUT2D eigenvalue weighted by molar-refractivity contribution is 5.32. The van der Waals surface area contributed by atoms with Crippen LogP contribution in [0.1, 0.15) is 19.8 Å². The van der Waals surface area contributed by atoms with Crippen LogP contribution in [0.5, 0.6) is 11.5 Å². The normalized spacial score (nSPS) is 16.2. The summed E-state index contributed by atoms with van der Waals surface area (Å²) in [4.78, 5) is 4.82. The topological polar surface area (TPSA) is 34.2 Å². The van der Waals surface area contributed by atoms with Crippen LogP contribution in [0.4, 0.5) is 0 Å². The smallest absolute Gasteiger partial charge is 0.123 e. The van der Waals surface area contributed by atoms with Crippen molar-refractivity contribution in [3.8, 4) is 11.5 Å². The number of benzene rings is 1. The molecule has 1 aliphatic heterocycles. The first kappa shape index (κ1) is 19.0. The fourth-order valence-electron chi connectivity index (χ4n) is 2.57. The van der Waals surface area contributed by atoms with Crippen LogP contribution in [0.15, 0.2) is 24.3 Å². The average molecular weight is 336 g/mol. The maximum Gasteiger partial charge on any atom is 0.123 e. The van der Waals surface area contributed by atoms with E-state index in [0.29, 0.717) is 13.2 Å². The number of hydrogen-bond acceptors (Lipinski definition) is 5. The standard InChI is InChI=1S/C19H32N2O3/c1-3-4-13-23-18-6-5-7-19(17-18)24-16-15-22-14-12-21-10-8-20(2)9-11-21/h5-7,17H,3-4,8-16H2,1-2H3. The van der Waals surface area contributed by atoms with Crippen LogP contribution < -0.4 is 9.47 Å². The summed E-state index contributed by atoms with van der Waals surface area (Å²) in [5.74, 6) is 1.71. The summed E-state index contributed by atoms with van der Waals surface area (Å²) in [5, 5.41) is 0. The number of piperazine rings is 1. The van der Waals surface area contributed by atoms with Gasteiger partial charge in [-0.25, -0.2) is 0 Å². The van der Waals surface area contributed by atoms with Gasteiger partial charge in [0.15, 0.2) is 0 Å². The number of rotatable bonds is 11. The van der Waals surface area contributed by atoms with E-state index in [4.69, 9.17) is 14.2 Å². The van der Waals surface area contributed by atoms with Crippen molar-refractivity contribution < 1.29 is 14.2 Å². The fraction of sp³-hybridized carbons (Fsp3) is 0.684. The second-order valence-electron chi connectivity index (χ2n) is 6.28. The molecule has 1 aromatic rings. The number of hydrogen-bond donors (Lipinski definition) is 0. The lowest BCUT2D eigenvalue weighted by molar-refractivity contribution is 0.0657. The molecule has 0 aliphatic carbocycles. The van der Waals surface area contributed by atoms with Crippen molar-refractivity contribution in [2.75, 3.05) is 66.2 Å². The second kappa shape index (κ2) is 11.3. The van der Waals surface area contributed by atoms with E-state index < -0.39 is 0 Å². The minimum absolute atomic E-state index is 0.571. The zero-order valence-corrected chi connectivity index (χ0v) is 15.2. The molecule has 0 bridgehead atoms. The number of unbranched alkanes of at least 4 members (excludes halogenated alkanes) is 1. The highest BCUT2D eigenvalue weighted by Crippen LogP contribution is 2.19. The Labute approximate surface area is 146 Å². The molecule has 1 fully saturated rings. The Bertz CT molecular complexity index is 448. The summed E-state index contributed by atoms with van der Waals surface area (Å²) >= 11 is 0. The molecule has 0 amide bonds. The van der Waals surface area contributed by atoms with Crippen molar-refractivity contribution in [2.24, 2.45) is 0 Å². The Kier molecular flexibility index (Phi) is 8.95. The van der Waals surface area contributed by atoms with Crippen molar-refractivity contribution in [3.05, 3.63) is 24.3 Å². The van der Waals surface area contributed by atoms with Gasteiger partial charge in [-0.1, -0.05) is 19.4 Å². The minimum Gasteiger partial charge on any atom is -0.493 e. The zero-order valence-electron chi connectivity index (χ0n) is 15.2. The van der Waals surface area contributed by atoms with Crippen molar-refractivity contribution in [1.29, 1.82) is 0 Å². The van der Waals surface area contributed by atoms with Gasteiger partial charge < -0.3 is 19.1 Å². The molecule has 0 aromatic heterocycles. The Morgan fingerprint density at radius 2 is 1.62 bits per heavy atom. The molecule has 5 heteroatoms. The Morgan fingerprint density at radius 1 is 0.917 bits per heavy atom. The summed E-state index contributed by atoms with van der Waals surface area (Å²) in [6, 6.07) is 7.83. The lowest BCUT2D eigenvalue weighted by atomic mass is 10.3. The molecule has 1 saturated heterocycles. The molecular weight excluding hydrogens is 304 g/mol. The van der Waals surface area contributed by atoms with E-state index in [1.807, 2.05) is 24.3 Å². The average Bonchev–Trinajstić information content (AvgIpc) is 2.60. The molecule has 0 saturated carbocycles. The van der Waals surface area contributed by atoms with E-state index in [1.165, 1.54) is 0 Å². The molecule has 0 N–H and O–H groups in total. The molecule has 5 nitrogen and oxygen atoms in total. The second-order valence-corrected chi connectivity index (χ2v) is 6.28. The maximum absolute atomic E-state index is 5.73. The quantitative estimate of drug-likeness (QED) is 0.580. The highest BCUT2D eigenvalue weighted by atomic mass is 16.5. The monoisotopic (exact) mass is 336 g/mol. The van der Waals surface area contributed by atoms with Crippen molar-refractivity contribution >= 4 is 0 Å². The largest absolute Gasteiger partial charge is 0.493 e. The third-order valence-corrected chi connectivity index (χ3v) is 4.22. The predicted molar refractivity (Wildman–Crippen MR) is 97.1 cm³/mol. The summed E-state index contributed by atoms with van der Waals surface area (Å²) in [6.45, 7) is 10.5. The Balaban J connectivity index is 1.53. The third-order valence-electron chi connectivity index (χ3n) is 4.22. The van der Waals surface area contributed by atoms with E-state index in [2.05, 4.69) is 23.8 Å². The first-order valence-corrected chi connectivity index (χ1v) is 9.12. The Morgan fingerprint density at radius 3 is 2.33 bits per heavy atom. The van der Waals surface area contributed by atoms with Gasteiger partial charge in [-0.3, -0.25) is 4.90 Å². The van der Waals surface area contributed by atoms with Crippen molar-refractivity contribution in [1.82, 2.24) is 9.80 Å². The molecule has 1 heterocycles. The van der Waals surface area contributed by atoms with E-state index in [1.54, 1.807) is 0 Å². The number of ether oxygens (including phenoxy) is 3. The van der Waals surface area contributed by atoms with Gasteiger partial charge in [0.25, 0.3) is 0 Å². The summed E-state index contributed by atoms with van der Waals surface area (Å²) < 4.78 is 17.1. The van der Waals surface area contributed by atoms with Gasteiger partial charge in [-0.05, 0) is 25.6 Å². The molecule has 24 heavy (non-hydrogen) atoms. The molecular formula is C19H32N2O3. The molecule has 0 radical (unpaired) electrons. The van der Waals surface area contributed by atoms with Gasteiger partial charge in [0.1, 0.15) is 18.1 Å². The lowest BCUT2D eigenvalue weighted by Crippen LogP contribution is -2.45. The molecule has 0 spiro atoms. The Hall–Kier alpha value is -1.30. The van der Waals surface area contributed by atoms with Crippen LogP contribution in [-0.4, -0.2) is 76.0 Å². The lowest BCUT2D eigenvalue weighted by Gasteiger charge is -2.32. The molecule has 1 aromatic carbocycles. The molecule has 136 valence electrons. The van der Waals surface area contributed by atoms with Gasteiger partial charge in [-0.2, -0.15) is 0 Å². The molecule has 1 aliphatic rings. The van der Waals surface area contributed by atoms with Crippen LogP contribution in [0.3, 0.4) is 0 Å². The first-order valence-electron chi connectivity index (χ1n) is 9.12. The van der Waals surface area contributed by atoms with Crippen molar-refractivity contribution in [3.63, 3.8) is 0 Å². The molecule has 0 unspecified atom stereocenters. The van der Waals surface area contributed by atoms with E-state index in [9.17, 15) is 0 Å². The van der Waals surface area contributed by atoms with Gasteiger partial charge in [0, 0.05) is 38.8 Å². The minimum atomic E-state index is 0.571. The summed E-state index contributed by atoms with van der Waals surface area (Å²) in [5.41, 5.74) is 0. The fourth-order valence-corrected chi connectivity index (χ4v) is 2.57. The molecule has 2 rings (SSSR count). The van der Waals surface area contributed by atoms with Crippen molar-refractivity contribution in [2.45, 2.75) is 19.8 Å². The van der Waals surface area contributed by atoms with Gasteiger partial charge in [0.05, 0.1) is 19.8 Å². The third kappa shape index (κ3) is 7.51. The highest BCUT2D eigenvalue weighted by Gasteiger charge is 2.12. The van der Waals surface area contributed by atoms with Crippen LogP contribution in [0, 0.1) is 0 Å². The first-order chi connectivity index (χ1) is 11.8.